The number of fused-ring (bicyclic) bond motifs is 3. The average molecular weight is 395 g/mol. The van der Waals surface area contributed by atoms with Crippen molar-refractivity contribution < 1.29 is 14.6 Å². The van der Waals surface area contributed by atoms with Gasteiger partial charge in [-0.1, -0.05) is 37.4 Å². The van der Waals surface area contributed by atoms with Gasteiger partial charge < -0.3 is 9.40 Å². The fourth-order valence-electron chi connectivity index (χ4n) is 3.55. The van der Waals surface area contributed by atoms with Gasteiger partial charge in [0.2, 0.25) is 0 Å². The van der Waals surface area contributed by atoms with Crippen LogP contribution in [-0.2, 0) is 16.2 Å². The van der Waals surface area contributed by atoms with Crippen LogP contribution < -0.4 is 0 Å². The van der Waals surface area contributed by atoms with Crippen molar-refractivity contribution in [2.24, 2.45) is 5.16 Å². The lowest BCUT2D eigenvalue weighted by molar-refractivity contribution is -0.384. The van der Waals surface area contributed by atoms with Crippen LogP contribution in [0.2, 0.25) is 0 Å². The van der Waals surface area contributed by atoms with Gasteiger partial charge in [0.25, 0.3) is 5.69 Å². The molecule has 0 fully saturated rings. The summed E-state index contributed by atoms with van der Waals surface area (Å²) in [5, 5.41) is 16.9. The molecule has 0 aliphatic heterocycles. The molecule has 2 aromatic carbocycles. The number of oxime groups is 1. The van der Waals surface area contributed by atoms with E-state index in [1.807, 2.05) is 24.3 Å². The number of hydrogen-bond donors (Lipinski definition) is 0. The molecule has 0 aliphatic rings. The second-order valence-corrected chi connectivity index (χ2v) is 7.16. The highest BCUT2D eigenvalue weighted by Gasteiger charge is 2.15. The number of nitro benzene ring substituents is 1. The summed E-state index contributed by atoms with van der Waals surface area (Å²) in [4.78, 5) is 26.7. The van der Waals surface area contributed by atoms with Crippen LogP contribution in [0.1, 0.15) is 52.0 Å². The Morgan fingerprint density at radius 3 is 2.41 bits per heavy atom. The highest BCUT2D eigenvalue weighted by molar-refractivity contribution is 6.12. The van der Waals surface area contributed by atoms with Gasteiger partial charge in [0.15, 0.2) is 0 Å². The zero-order chi connectivity index (χ0) is 21.0. The SMILES string of the molecule is CCCCCCn1c2ccc(/C(C)=N/OC(C)=O)cc2c2cc([N+](=O)[O-])ccc21. The maximum atomic E-state index is 11.3. The number of rotatable bonds is 8. The number of hydrogen-bond acceptors (Lipinski definition) is 5. The number of nitro groups is 1. The van der Waals surface area contributed by atoms with Crippen LogP contribution >= 0.6 is 0 Å². The molecule has 152 valence electrons. The molecule has 1 aromatic heterocycles. The molecule has 1 heterocycles. The molecule has 0 radical (unpaired) electrons. The van der Waals surface area contributed by atoms with Crippen LogP contribution in [0, 0.1) is 10.1 Å². The average Bonchev–Trinajstić information content (AvgIpc) is 3.01. The van der Waals surface area contributed by atoms with Crippen molar-refractivity contribution in [1.82, 2.24) is 4.57 Å². The number of non-ortho nitro benzene ring substituents is 1. The molecule has 0 bridgehead atoms. The standard InChI is InChI=1S/C22H25N3O4/c1-4-5-6-7-12-24-21-10-8-17(15(2)23-29-16(3)26)13-19(21)20-14-18(25(27)28)9-11-22(20)24/h8-11,13-14H,4-7,12H2,1-3H3/b23-15+. The van der Waals surface area contributed by atoms with E-state index in [0.717, 1.165) is 46.8 Å². The molecular weight excluding hydrogens is 370 g/mol. The van der Waals surface area contributed by atoms with Gasteiger partial charge in [-0.2, -0.15) is 0 Å². The summed E-state index contributed by atoms with van der Waals surface area (Å²) in [5.41, 5.74) is 3.44. The van der Waals surface area contributed by atoms with E-state index in [-0.39, 0.29) is 10.6 Å². The fourth-order valence-corrected chi connectivity index (χ4v) is 3.55. The second kappa shape index (κ2) is 8.86. The molecule has 0 aliphatic carbocycles. The molecule has 0 saturated carbocycles. The van der Waals surface area contributed by atoms with Crippen molar-refractivity contribution in [2.75, 3.05) is 0 Å². The summed E-state index contributed by atoms with van der Waals surface area (Å²) in [6, 6.07) is 10.9. The van der Waals surface area contributed by atoms with Crippen LogP contribution in [0.3, 0.4) is 0 Å². The zero-order valence-electron chi connectivity index (χ0n) is 17.0. The van der Waals surface area contributed by atoms with Gasteiger partial charge in [-0.3, -0.25) is 10.1 Å². The molecular formula is C22H25N3O4. The molecule has 0 amide bonds. The van der Waals surface area contributed by atoms with Crippen molar-refractivity contribution in [3.05, 3.63) is 52.1 Å². The third-order valence-corrected chi connectivity index (χ3v) is 5.02. The van der Waals surface area contributed by atoms with Gasteiger partial charge >= 0.3 is 5.97 Å². The summed E-state index contributed by atoms with van der Waals surface area (Å²) < 4.78 is 2.23. The van der Waals surface area contributed by atoms with Crippen molar-refractivity contribution in [3.8, 4) is 0 Å². The van der Waals surface area contributed by atoms with Gasteiger partial charge in [0.05, 0.1) is 10.6 Å². The van der Waals surface area contributed by atoms with Gasteiger partial charge in [-0.15, -0.1) is 0 Å². The maximum Gasteiger partial charge on any atom is 0.331 e. The Labute approximate surface area is 169 Å². The molecule has 7 heteroatoms. The Balaban J connectivity index is 2.12. The smallest absolute Gasteiger partial charge is 0.331 e. The normalized spacial score (nSPS) is 11.9. The summed E-state index contributed by atoms with van der Waals surface area (Å²) >= 11 is 0. The molecule has 3 rings (SSSR count). The van der Waals surface area contributed by atoms with Crippen LogP contribution in [0.15, 0.2) is 41.6 Å². The molecule has 29 heavy (non-hydrogen) atoms. The number of carbonyl (C=O) groups excluding carboxylic acids is 1. The highest BCUT2D eigenvalue weighted by Crippen LogP contribution is 2.33. The van der Waals surface area contributed by atoms with E-state index in [1.54, 1.807) is 19.1 Å². The quantitative estimate of drug-likeness (QED) is 0.164. The van der Waals surface area contributed by atoms with Gasteiger partial charge in [0, 0.05) is 47.4 Å². The number of unbranched alkanes of at least 4 members (excludes halogenated alkanes) is 3. The summed E-state index contributed by atoms with van der Waals surface area (Å²) in [6.45, 7) is 6.10. The third-order valence-electron chi connectivity index (χ3n) is 5.02. The Hall–Kier alpha value is -3.22. The van der Waals surface area contributed by atoms with Crippen molar-refractivity contribution in [3.63, 3.8) is 0 Å². The first-order chi connectivity index (χ1) is 13.9. The van der Waals surface area contributed by atoms with Crippen LogP contribution in [0.25, 0.3) is 21.8 Å². The van der Waals surface area contributed by atoms with Crippen LogP contribution in [-0.4, -0.2) is 21.2 Å². The van der Waals surface area contributed by atoms with Crippen molar-refractivity contribution >= 4 is 39.2 Å². The van der Waals surface area contributed by atoms with E-state index in [2.05, 4.69) is 16.6 Å². The summed E-state index contributed by atoms with van der Waals surface area (Å²) in [7, 11) is 0. The van der Waals surface area contributed by atoms with E-state index < -0.39 is 5.97 Å². The molecule has 0 spiro atoms. The second-order valence-electron chi connectivity index (χ2n) is 7.16. The van der Waals surface area contributed by atoms with Gasteiger partial charge in [-0.05, 0) is 37.1 Å². The van der Waals surface area contributed by atoms with E-state index in [0.29, 0.717) is 5.71 Å². The van der Waals surface area contributed by atoms with E-state index >= 15 is 0 Å². The number of carbonyl (C=O) groups is 1. The number of aryl methyl sites for hydroxylation is 1. The summed E-state index contributed by atoms with van der Waals surface area (Å²) in [5.74, 6) is -0.482. The lowest BCUT2D eigenvalue weighted by Crippen LogP contribution is -2.00. The Morgan fingerprint density at radius 2 is 1.76 bits per heavy atom. The van der Waals surface area contributed by atoms with Gasteiger partial charge in [-0.25, -0.2) is 4.79 Å². The first-order valence-corrected chi connectivity index (χ1v) is 9.85. The summed E-state index contributed by atoms with van der Waals surface area (Å²) in [6.07, 6.45) is 4.57. The maximum absolute atomic E-state index is 11.3. The molecule has 0 unspecified atom stereocenters. The Morgan fingerprint density at radius 1 is 1.07 bits per heavy atom. The minimum absolute atomic E-state index is 0.0678. The topological polar surface area (TPSA) is 86.7 Å². The Bertz CT molecular complexity index is 1100. The van der Waals surface area contributed by atoms with E-state index in [1.165, 1.54) is 19.8 Å². The Kier molecular flexibility index (Phi) is 6.26. The largest absolute Gasteiger partial charge is 0.340 e. The lowest BCUT2D eigenvalue weighted by atomic mass is 10.1. The fraction of sp³-hybridized carbons (Fsp3) is 0.364. The first kappa shape index (κ1) is 20.5. The molecule has 0 saturated heterocycles. The first-order valence-electron chi connectivity index (χ1n) is 9.85. The molecule has 7 nitrogen and oxygen atoms in total. The minimum atomic E-state index is -0.482. The third kappa shape index (κ3) is 4.45. The molecule has 3 aromatic rings. The number of nitrogens with zero attached hydrogens (tertiary/aromatic N) is 3. The predicted octanol–water partition coefficient (Wildman–Crippen LogP) is 5.57. The minimum Gasteiger partial charge on any atom is -0.340 e. The zero-order valence-corrected chi connectivity index (χ0v) is 17.0. The van der Waals surface area contributed by atoms with Crippen LogP contribution in [0.4, 0.5) is 5.69 Å². The number of benzene rings is 2. The van der Waals surface area contributed by atoms with E-state index in [9.17, 15) is 14.9 Å². The molecule has 0 N–H and O–H groups in total. The number of aromatic nitrogens is 1. The van der Waals surface area contributed by atoms with E-state index in [4.69, 9.17) is 4.84 Å². The molecule has 0 atom stereocenters. The lowest BCUT2D eigenvalue weighted by Gasteiger charge is -2.08. The van der Waals surface area contributed by atoms with Crippen LogP contribution in [0.5, 0.6) is 0 Å². The monoisotopic (exact) mass is 395 g/mol. The van der Waals surface area contributed by atoms with Crippen molar-refractivity contribution in [1.29, 1.82) is 0 Å². The van der Waals surface area contributed by atoms with Crippen molar-refractivity contribution in [2.45, 2.75) is 53.0 Å². The predicted molar refractivity (Wildman–Crippen MR) is 114 cm³/mol. The van der Waals surface area contributed by atoms with Gasteiger partial charge in [0.1, 0.15) is 0 Å². The highest BCUT2D eigenvalue weighted by atomic mass is 16.7.